The van der Waals surface area contributed by atoms with Gasteiger partial charge in [0.25, 0.3) is 9.70 Å². The molecule has 144 valence electrons. The lowest BCUT2D eigenvalue weighted by Crippen LogP contribution is -2.27. The lowest BCUT2D eigenvalue weighted by atomic mass is 10.1. The van der Waals surface area contributed by atoms with Crippen LogP contribution in [0.2, 0.25) is 5.02 Å². The SMILES string of the molecule is O=C(Nc1ccccc1OCCc1cc(Cl)cc2c1OCOC2)C(Cl)(Cl)Cl. The van der Waals surface area contributed by atoms with E-state index in [1.807, 2.05) is 12.1 Å². The van der Waals surface area contributed by atoms with Gasteiger partial charge in [-0.2, -0.15) is 0 Å². The van der Waals surface area contributed by atoms with Gasteiger partial charge < -0.3 is 19.5 Å². The van der Waals surface area contributed by atoms with E-state index in [1.54, 1.807) is 24.3 Å². The monoisotopic (exact) mass is 449 g/mol. The van der Waals surface area contributed by atoms with E-state index in [4.69, 9.17) is 60.6 Å². The van der Waals surface area contributed by atoms with Crippen LogP contribution in [0.15, 0.2) is 36.4 Å². The summed E-state index contributed by atoms with van der Waals surface area (Å²) in [5, 5.41) is 3.14. The molecule has 0 aromatic heterocycles. The van der Waals surface area contributed by atoms with Crippen LogP contribution in [0.5, 0.6) is 11.5 Å². The first kappa shape index (κ1) is 20.4. The Bertz CT molecular complexity index is 839. The summed E-state index contributed by atoms with van der Waals surface area (Å²) in [6, 6.07) is 10.6. The maximum atomic E-state index is 11.9. The number of anilines is 1. The number of alkyl halides is 3. The van der Waals surface area contributed by atoms with Crippen molar-refractivity contribution in [2.24, 2.45) is 0 Å². The first-order valence-electron chi connectivity index (χ1n) is 7.96. The first-order valence-corrected chi connectivity index (χ1v) is 9.47. The number of benzene rings is 2. The Morgan fingerprint density at radius 2 is 2.00 bits per heavy atom. The Balaban J connectivity index is 1.68. The van der Waals surface area contributed by atoms with Gasteiger partial charge in [0.1, 0.15) is 11.5 Å². The maximum absolute atomic E-state index is 11.9. The number of fused-ring (bicyclic) bond motifs is 1. The van der Waals surface area contributed by atoms with Gasteiger partial charge in [-0.05, 0) is 29.8 Å². The number of para-hydroxylation sites is 2. The number of amides is 1. The number of nitrogens with one attached hydrogen (secondary N) is 1. The normalized spacial score (nSPS) is 13.5. The van der Waals surface area contributed by atoms with E-state index in [-0.39, 0.29) is 6.79 Å². The van der Waals surface area contributed by atoms with Gasteiger partial charge in [-0.25, -0.2) is 0 Å². The smallest absolute Gasteiger partial charge is 0.276 e. The van der Waals surface area contributed by atoms with Crippen LogP contribution in [-0.2, 0) is 22.6 Å². The zero-order valence-corrected chi connectivity index (χ0v) is 17.0. The van der Waals surface area contributed by atoms with Crippen molar-refractivity contribution in [3.05, 3.63) is 52.5 Å². The second-order valence-electron chi connectivity index (χ2n) is 5.71. The summed E-state index contributed by atoms with van der Waals surface area (Å²) < 4.78 is 14.6. The molecule has 3 rings (SSSR count). The van der Waals surface area contributed by atoms with Crippen molar-refractivity contribution in [2.75, 3.05) is 18.7 Å². The maximum Gasteiger partial charge on any atom is 0.276 e. The van der Waals surface area contributed by atoms with Gasteiger partial charge in [-0.15, -0.1) is 0 Å². The summed E-state index contributed by atoms with van der Waals surface area (Å²) in [4.78, 5) is 11.9. The lowest BCUT2D eigenvalue weighted by molar-refractivity contribution is -0.115. The average Bonchev–Trinajstić information content (AvgIpc) is 2.62. The molecule has 2 aromatic carbocycles. The predicted molar refractivity (Wildman–Crippen MR) is 106 cm³/mol. The molecule has 1 aliphatic heterocycles. The second kappa shape index (κ2) is 8.76. The lowest BCUT2D eigenvalue weighted by Gasteiger charge is -2.21. The topological polar surface area (TPSA) is 56.8 Å². The minimum Gasteiger partial charge on any atom is -0.491 e. The molecule has 1 aliphatic rings. The van der Waals surface area contributed by atoms with Gasteiger partial charge in [0.05, 0.1) is 18.9 Å². The highest BCUT2D eigenvalue weighted by atomic mass is 35.6. The Hall–Kier alpha value is -1.37. The Kier molecular flexibility index (Phi) is 6.61. The number of hydrogen-bond acceptors (Lipinski definition) is 4. The molecule has 1 N–H and O–H groups in total. The molecule has 9 heteroatoms. The number of rotatable bonds is 5. The molecule has 0 saturated heterocycles. The fourth-order valence-corrected chi connectivity index (χ4v) is 3.01. The minimum atomic E-state index is -2.06. The summed E-state index contributed by atoms with van der Waals surface area (Å²) in [7, 11) is 0. The van der Waals surface area contributed by atoms with E-state index in [9.17, 15) is 4.79 Å². The van der Waals surface area contributed by atoms with Crippen LogP contribution < -0.4 is 14.8 Å². The van der Waals surface area contributed by atoms with Gasteiger partial charge >= 0.3 is 0 Å². The van der Waals surface area contributed by atoms with Crippen molar-refractivity contribution < 1.29 is 19.0 Å². The van der Waals surface area contributed by atoms with Crippen LogP contribution in [0.4, 0.5) is 5.69 Å². The standard InChI is InChI=1S/C18H15Cl4NO4/c19-13-7-11(16-12(8-13)9-25-10-27-16)5-6-26-15-4-2-1-3-14(15)23-17(24)18(20,21)22/h1-4,7-8H,5-6,9-10H2,(H,23,24). The minimum absolute atomic E-state index is 0.203. The Morgan fingerprint density at radius 1 is 1.22 bits per heavy atom. The van der Waals surface area contributed by atoms with Crippen molar-refractivity contribution in [3.8, 4) is 11.5 Å². The molecule has 0 fully saturated rings. The third-order valence-corrected chi connectivity index (χ3v) is 4.51. The molecule has 0 saturated carbocycles. The summed E-state index contributed by atoms with van der Waals surface area (Å²) >= 11 is 22.9. The molecular weight excluding hydrogens is 436 g/mol. The van der Waals surface area contributed by atoms with E-state index in [1.165, 1.54) is 0 Å². The Labute approximate surface area is 176 Å². The van der Waals surface area contributed by atoms with Gasteiger partial charge in [-0.1, -0.05) is 58.5 Å². The molecule has 0 radical (unpaired) electrons. The summed E-state index contributed by atoms with van der Waals surface area (Å²) in [5.74, 6) is 0.466. The largest absolute Gasteiger partial charge is 0.491 e. The van der Waals surface area contributed by atoms with Gasteiger partial charge in [-0.3, -0.25) is 4.79 Å². The van der Waals surface area contributed by atoms with E-state index in [0.29, 0.717) is 36.1 Å². The zero-order chi connectivity index (χ0) is 19.4. The predicted octanol–water partition coefficient (Wildman–Crippen LogP) is 5.14. The molecule has 0 atom stereocenters. The highest BCUT2D eigenvalue weighted by Gasteiger charge is 2.31. The fraction of sp³-hybridized carbons (Fsp3) is 0.278. The molecule has 2 aromatic rings. The first-order chi connectivity index (χ1) is 12.8. The van der Waals surface area contributed by atoms with E-state index < -0.39 is 9.70 Å². The van der Waals surface area contributed by atoms with Crippen LogP contribution in [0.1, 0.15) is 11.1 Å². The molecule has 0 spiro atoms. The Morgan fingerprint density at radius 3 is 2.78 bits per heavy atom. The molecule has 0 unspecified atom stereocenters. The molecule has 5 nitrogen and oxygen atoms in total. The van der Waals surface area contributed by atoms with Gasteiger partial charge in [0.2, 0.25) is 0 Å². The summed E-state index contributed by atoms with van der Waals surface area (Å²) in [5.41, 5.74) is 2.23. The van der Waals surface area contributed by atoms with Crippen LogP contribution in [0, 0.1) is 0 Å². The zero-order valence-electron chi connectivity index (χ0n) is 13.9. The highest BCUT2D eigenvalue weighted by molar-refractivity contribution is 6.76. The van der Waals surface area contributed by atoms with Crippen LogP contribution in [0.3, 0.4) is 0 Å². The number of hydrogen-bond donors (Lipinski definition) is 1. The van der Waals surface area contributed by atoms with Crippen LogP contribution in [0.25, 0.3) is 0 Å². The molecule has 1 heterocycles. The van der Waals surface area contributed by atoms with Gasteiger partial charge in [0.15, 0.2) is 6.79 Å². The van der Waals surface area contributed by atoms with Crippen LogP contribution >= 0.6 is 46.4 Å². The van der Waals surface area contributed by atoms with Crippen molar-refractivity contribution in [2.45, 2.75) is 16.8 Å². The van der Waals surface area contributed by atoms with E-state index >= 15 is 0 Å². The molecule has 0 bridgehead atoms. The van der Waals surface area contributed by atoms with Crippen molar-refractivity contribution in [3.63, 3.8) is 0 Å². The molecule has 1 amide bonds. The van der Waals surface area contributed by atoms with Crippen molar-refractivity contribution in [1.29, 1.82) is 0 Å². The number of carbonyl (C=O) groups is 1. The van der Waals surface area contributed by atoms with Gasteiger partial charge in [0, 0.05) is 17.0 Å². The highest BCUT2D eigenvalue weighted by Crippen LogP contribution is 2.33. The molecule has 0 aliphatic carbocycles. The van der Waals surface area contributed by atoms with E-state index in [2.05, 4.69) is 5.32 Å². The van der Waals surface area contributed by atoms with Crippen LogP contribution in [-0.4, -0.2) is 23.1 Å². The average molecular weight is 451 g/mol. The number of halogens is 4. The summed E-state index contributed by atoms with van der Waals surface area (Å²) in [6.07, 6.45) is 0.551. The third-order valence-electron chi connectivity index (χ3n) is 3.77. The quantitative estimate of drug-likeness (QED) is 0.641. The fourth-order valence-electron chi connectivity index (χ4n) is 2.60. The molecular formula is C18H15Cl4NO4. The molecule has 27 heavy (non-hydrogen) atoms. The number of carbonyl (C=O) groups excluding carboxylic acids is 1. The second-order valence-corrected chi connectivity index (χ2v) is 8.43. The van der Waals surface area contributed by atoms with Crippen molar-refractivity contribution in [1.82, 2.24) is 0 Å². The van der Waals surface area contributed by atoms with E-state index in [0.717, 1.165) is 16.9 Å². The summed E-state index contributed by atoms with van der Waals surface area (Å²) in [6.45, 7) is 0.988. The third kappa shape index (κ3) is 5.33. The van der Waals surface area contributed by atoms with Crippen molar-refractivity contribution >= 4 is 58.0 Å². The number of ether oxygens (including phenoxy) is 3.